The predicted octanol–water partition coefficient (Wildman–Crippen LogP) is 4.72. The van der Waals surface area contributed by atoms with E-state index in [2.05, 4.69) is 15.3 Å². The summed E-state index contributed by atoms with van der Waals surface area (Å²) < 4.78 is 0. The number of hydrogen-bond acceptors (Lipinski definition) is 4. The molecule has 8 heteroatoms. The van der Waals surface area contributed by atoms with E-state index in [4.69, 9.17) is 11.6 Å². The minimum absolute atomic E-state index is 0.0388. The van der Waals surface area contributed by atoms with Gasteiger partial charge in [-0.05, 0) is 23.8 Å². The summed E-state index contributed by atoms with van der Waals surface area (Å²) in [5, 5.41) is 13.6. The number of hydrogen-bond donors (Lipinski definition) is 2. The normalized spacial score (nSPS) is 10.8. The van der Waals surface area contributed by atoms with Crippen molar-refractivity contribution in [1.29, 1.82) is 0 Å². The van der Waals surface area contributed by atoms with E-state index in [0.29, 0.717) is 6.54 Å². The van der Waals surface area contributed by atoms with Crippen LogP contribution in [0, 0.1) is 10.1 Å². The number of nitro groups is 1. The molecule has 0 aliphatic carbocycles. The van der Waals surface area contributed by atoms with Gasteiger partial charge in [0.05, 0.1) is 26.5 Å². The molecule has 0 unspecified atom stereocenters. The molecule has 0 saturated heterocycles. The second-order valence-electron chi connectivity index (χ2n) is 6.40. The van der Waals surface area contributed by atoms with Gasteiger partial charge in [-0.2, -0.15) is 0 Å². The van der Waals surface area contributed by atoms with E-state index in [1.54, 1.807) is 0 Å². The molecule has 1 aromatic heterocycles. The van der Waals surface area contributed by atoms with Gasteiger partial charge >= 0.3 is 0 Å². The van der Waals surface area contributed by atoms with E-state index in [1.807, 2.05) is 48.5 Å². The van der Waals surface area contributed by atoms with Gasteiger partial charge in [-0.25, -0.2) is 4.98 Å². The molecule has 0 radical (unpaired) electrons. The number of fused-ring (bicyclic) bond motifs is 1. The molecule has 0 atom stereocenters. The largest absolute Gasteiger partial charge is 0.348 e. The maximum atomic E-state index is 12.3. The van der Waals surface area contributed by atoms with Gasteiger partial charge in [-0.3, -0.25) is 14.9 Å². The van der Waals surface area contributed by atoms with Crippen LogP contribution in [0.2, 0.25) is 5.02 Å². The molecule has 4 rings (SSSR count). The lowest BCUT2D eigenvalue weighted by Crippen LogP contribution is -2.23. The summed E-state index contributed by atoms with van der Waals surface area (Å²) in [5.74, 6) is 0.380. The van der Waals surface area contributed by atoms with E-state index in [9.17, 15) is 14.9 Å². The van der Waals surface area contributed by atoms with Crippen LogP contribution in [0.3, 0.4) is 0 Å². The fraction of sp³-hybridized carbons (Fsp3) is 0.0476. The lowest BCUT2D eigenvalue weighted by molar-refractivity contribution is -0.384. The summed E-state index contributed by atoms with van der Waals surface area (Å²) in [5.41, 5.74) is 3.74. The Bertz CT molecular complexity index is 1190. The van der Waals surface area contributed by atoms with E-state index in [0.717, 1.165) is 28.0 Å². The summed E-state index contributed by atoms with van der Waals surface area (Å²) in [6.45, 7) is 0.298. The number of aromatic amines is 1. The van der Waals surface area contributed by atoms with Gasteiger partial charge in [0.1, 0.15) is 5.82 Å². The van der Waals surface area contributed by atoms with Crippen LogP contribution < -0.4 is 5.32 Å². The number of halogens is 1. The molecule has 0 spiro atoms. The maximum absolute atomic E-state index is 12.3. The number of rotatable bonds is 5. The first kappa shape index (κ1) is 18.6. The number of nitro benzene ring substituents is 1. The summed E-state index contributed by atoms with van der Waals surface area (Å²) in [4.78, 5) is 30.4. The SMILES string of the molecule is O=C(NCc1ccc(-c2nc3ccccc3[nH]2)cc1)c1ccc([N+](=O)[O-])cc1Cl. The Morgan fingerprint density at radius 3 is 2.55 bits per heavy atom. The van der Waals surface area contributed by atoms with Gasteiger partial charge in [0.25, 0.3) is 11.6 Å². The minimum atomic E-state index is -0.558. The average molecular weight is 407 g/mol. The molecule has 0 aliphatic rings. The van der Waals surface area contributed by atoms with Crippen LogP contribution in [0.4, 0.5) is 5.69 Å². The highest BCUT2D eigenvalue weighted by atomic mass is 35.5. The van der Waals surface area contributed by atoms with Gasteiger partial charge in [0.2, 0.25) is 0 Å². The number of para-hydroxylation sites is 2. The fourth-order valence-electron chi connectivity index (χ4n) is 2.95. The van der Waals surface area contributed by atoms with Gasteiger partial charge in [0.15, 0.2) is 0 Å². The van der Waals surface area contributed by atoms with Crippen molar-refractivity contribution in [1.82, 2.24) is 15.3 Å². The van der Waals surface area contributed by atoms with E-state index >= 15 is 0 Å². The molecular formula is C21H15ClN4O3. The molecule has 2 N–H and O–H groups in total. The second-order valence-corrected chi connectivity index (χ2v) is 6.81. The minimum Gasteiger partial charge on any atom is -0.348 e. The van der Waals surface area contributed by atoms with Gasteiger partial charge in [0, 0.05) is 24.2 Å². The summed E-state index contributed by atoms with van der Waals surface area (Å²) in [7, 11) is 0. The zero-order valence-electron chi connectivity index (χ0n) is 15.1. The standard InChI is InChI=1S/C21H15ClN4O3/c22-17-11-15(26(28)29)9-10-16(17)21(27)23-12-13-5-7-14(8-6-13)20-24-18-3-1-2-4-19(18)25-20/h1-11H,12H2,(H,23,27)(H,24,25). The van der Waals surface area contributed by atoms with Gasteiger partial charge in [-0.15, -0.1) is 0 Å². The highest BCUT2D eigenvalue weighted by Gasteiger charge is 2.14. The molecule has 1 heterocycles. The summed E-state index contributed by atoms with van der Waals surface area (Å²) >= 11 is 6.00. The quantitative estimate of drug-likeness (QED) is 0.369. The molecule has 0 saturated carbocycles. The lowest BCUT2D eigenvalue weighted by atomic mass is 10.1. The number of carbonyl (C=O) groups excluding carboxylic acids is 1. The smallest absolute Gasteiger partial charge is 0.270 e. The highest BCUT2D eigenvalue weighted by molar-refractivity contribution is 6.34. The molecule has 29 heavy (non-hydrogen) atoms. The fourth-order valence-corrected chi connectivity index (χ4v) is 3.21. The number of carbonyl (C=O) groups is 1. The Balaban J connectivity index is 1.44. The van der Waals surface area contributed by atoms with Crippen LogP contribution >= 0.6 is 11.6 Å². The third-order valence-corrected chi connectivity index (χ3v) is 4.79. The third kappa shape index (κ3) is 3.95. The van der Waals surface area contributed by atoms with Crippen molar-refractivity contribution in [2.75, 3.05) is 0 Å². The first-order valence-corrected chi connectivity index (χ1v) is 9.15. The van der Waals surface area contributed by atoms with Crippen LogP contribution in [0.25, 0.3) is 22.4 Å². The number of non-ortho nitro benzene ring substituents is 1. The van der Waals surface area contributed by atoms with Gasteiger partial charge in [-0.1, -0.05) is 48.0 Å². The highest BCUT2D eigenvalue weighted by Crippen LogP contribution is 2.23. The number of amides is 1. The van der Waals surface area contributed by atoms with Crippen molar-refractivity contribution < 1.29 is 9.72 Å². The van der Waals surface area contributed by atoms with Crippen molar-refractivity contribution in [3.8, 4) is 11.4 Å². The molecule has 3 aromatic carbocycles. The van der Waals surface area contributed by atoms with Crippen molar-refractivity contribution >= 4 is 34.2 Å². The number of H-pyrrole nitrogens is 1. The summed E-state index contributed by atoms with van der Waals surface area (Å²) in [6.07, 6.45) is 0. The summed E-state index contributed by atoms with van der Waals surface area (Å²) in [6, 6.07) is 19.2. The van der Waals surface area contributed by atoms with E-state index < -0.39 is 10.8 Å². The van der Waals surface area contributed by atoms with Crippen molar-refractivity contribution in [2.45, 2.75) is 6.54 Å². The van der Waals surface area contributed by atoms with Gasteiger partial charge < -0.3 is 10.3 Å². The third-order valence-electron chi connectivity index (χ3n) is 4.48. The number of nitrogens with one attached hydrogen (secondary N) is 2. The predicted molar refractivity (Wildman–Crippen MR) is 111 cm³/mol. The molecule has 7 nitrogen and oxygen atoms in total. The molecular weight excluding hydrogens is 392 g/mol. The van der Waals surface area contributed by atoms with Crippen LogP contribution in [0.15, 0.2) is 66.7 Å². The number of benzene rings is 3. The zero-order valence-corrected chi connectivity index (χ0v) is 15.8. The van der Waals surface area contributed by atoms with Crippen LogP contribution in [-0.2, 0) is 6.54 Å². The molecule has 1 amide bonds. The van der Waals surface area contributed by atoms with Crippen LogP contribution in [0.1, 0.15) is 15.9 Å². The Morgan fingerprint density at radius 2 is 1.86 bits per heavy atom. The molecule has 0 bridgehead atoms. The molecule has 0 fully saturated rings. The number of nitrogens with zero attached hydrogens (tertiary/aromatic N) is 2. The number of imidazole rings is 1. The first-order chi connectivity index (χ1) is 14.0. The van der Waals surface area contributed by atoms with E-state index in [-0.39, 0.29) is 16.3 Å². The Labute approximate surface area is 170 Å². The Hall–Kier alpha value is -3.71. The van der Waals surface area contributed by atoms with E-state index in [1.165, 1.54) is 18.2 Å². The topological polar surface area (TPSA) is 101 Å². The monoisotopic (exact) mass is 406 g/mol. The van der Waals surface area contributed by atoms with Crippen LogP contribution in [0.5, 0.6) is 0 Å². The number of aromatic nitrogens is 2. The maximum Gasteiger partial charge on any atom is 0.270 e. The average Bonchev–Trinajstić information content (AvgIpc) is 3.16. The Morgan fingerprint density at radius 1 is 1.10 bits per heavy atom. The van der Waals surface area contributed by atoms with Crippen molar-refractivity contribution in [3.05, 3.63) is 93.0 Å². The van der Waals surface area contributed by atoms with Crippen molar-refractivity contribution in [3.63, 3.8) is 0 Å². The molecule has 4 aromatic rings. The zero-order chi connectivity index (χ0) is 20.4. The van der Waals surface area contributed by atoms with Crippen molar-refractivity contribution in [2.24, 2.45) is 0 Å². The lowest BCUT2D eigenvalue weighted by Gasteiger charge is -2.07. The second kappa shape index (κ2) is 7.73. The molecule has 0 aliphatic heterocycles. The molecule has 144 valence electrons. The Kier molecular flexibility index (Phi) is 4.97. The first-order valence-electron chi connectivity index (χ1n) is 8.77. The van der Waals surface area contributed by atoms with Crippen LogP contribution in [-0.4, -0.2) is 20.8 Å².